The zero-order valence-electron chi connectivity index (χ0n) is 11.0. The molecule has 0 aromatic rings. The van der Waals surface area contributed by atoms with Gasteiger partial charge < -0.3 is 4.74 Å². The third-order valence-corrected chi connectivity index (χ3v) is 3.96. The van der Waals surface area contributed by atoms with Gasteiger partial charge in [-0.15, -0.1) is 0 Å². The van der Waals surface area contributed by atoms with Crippen molar-refractivity contribution in [2.45, 2.75) is 59.2 Å². The Morgan fingerprint density at radius 1 is 1.12 bits per heavy atom. The first-order chi connectivity index (χ1) is 7.56. The van der Waals surface area contributed by atoms with Gasteiger partial charge in [-0.2, -0.15) is 0 Å². The fourth-order valence-electron chi connectivity index (χ4n) is 3.16. The minimum Gasteiger partial charge on any atom is -0.371 e. The Bertz CT molecular complexity index is 313. The second kappa shape index (κ2) is 4.75. The lowest BCUT2D eigenvalue weighted by Crippen LogP contribution is -2.34. The molecule has 0 bridgehead atoms. The highest BCUT2D eigenvalue weighted by Crippen LogP contribution is 2.35. The molecule has 1 aliphatic carbocycles. The van der Waals surface area contributed by atoms with Crippen LogP contribution in [0.25, 0.3) is 0 Å². The van der Waals surface area contributed by atoms with Crippen molar-refractivity contribution in [3.8, 4) is 0 Å². The van der Waals surface area contributed by atoms with Crippen LogP contribution in [0.1, 0.15) is 47.0 Å². The predicted molar refractivity (Wildman–Crippen MR) is 68.4 cm³/mol. The molecule has 1 heteroatoms. The van der Waals surface area contributed by atoms with Crippen molar-refractivity contribution in [3.05, 3.63) is 23.3 Å². The van der Waals surface area contributed by atoms with E-state index in [2.05, 4.69) is 39.8 Å². The van der Waals surface area contributed by atoms with E-state index in [9.17, 15) is 0 Å². The second-order valence-electron chi connectivity index (χ2n) is 5.70. The van der Waals surface area contributed by atoms with Crippen molar-refractivity contribution in [2.75, 3.05) is 0 Å². The van der Waals surface area contributed by atoms with Gasteiger partial charge in [-0.1, -0.05) is 30.2 Å². The zero-order chi connectivity index (χ0) is 11.7. The van der Waals surface area contributed by atoms with Gasteiger partial charge in [-0.05, 0) is 51.9 Å². The van der Waals surface area contributed by atoms with E-state index in [1.54, 1.807) is 5.57 Å². The fourth-order valence-corrected chi connectivity index (χ4v) is 3.16. The second-order valence-corrected chi connectivity index (χ2v) is 5.70. The maximum atomic E-state index is 6.10. The van der Waals surface area contributed by atoms with Gasteiger partial charge in [0, 0.05) is 0 Å². The summed E-state index contributed by atoms with van der Waals surface area (Å²) >= 11 is 0. The summed E-state index contributed by atoms with van der Waals surface area (Å²) in [5.41, 5.74) is 3.05. The number of ether oxygens (including phenoxy) is 1. The molecule has 1 aliphatic heterocycles. The lowest BCUT2D eigenvalue weighted by atomic mass is 9.77. The molecule has 0 saturated heterocycles. The molecule has 2 rings (SSSR count). The minimum absolute atomic E-state index is 0.350. The highest BCUT2D eigenvalue weighted by molar-refractivity contribution is 5.13. The highest BCUT2D eigenvalue weighted by Gasteiger charge is 2.30. The lowest BCUT2D eigenvalue weighted by molar-refractivity contribution is -0.0279. The molecule has 0 N–H and O–H groups in total. The van der Waals surface area contributed by atoms with Gasteiger partial charge in [0.1, 0.15) is 0 Å². The van der Waals surface area contributed by atoms with Crippen LogP contribution in [0.5, 0.6) is 0 Å². The number of hydrogen-bond acceptors (Lipinski definition) is 1. The monoisotopic (exact) mass is 220 g/mol. The van der Waals surface area contributed by atoms with Crippen LogP contribution in [0.15, 0.2) is 23.3 Å². The number of rotatable bonds is 1. The van der Waals surface area contributed by atoms with Crippen LogP contribution in [0.3, 0.4) is 0 Å². The normalized spacial score (nSPS) is 40.2. The highest BCUT2D eigenvalue weighted by atomic mass is 16.5. The average Bonchev–Trinajstić information content (AvgIpc) is 2.15. The molecule has 0 spiro atoms. The molecule has 0 radical (unpaired) electrons. The Balaban J connectivity index is 2.10. The van der Waals surface area contributed by atoms with E-state index >= 15 is 0 Å². The minimum atomic E-state index is 0.350. The van der Waals surface area contributed by atoms with E-state index in [1.807, 2.05) is 0 Å². The summed E-state index contributed by atoms with van der Waals surface area (Å²) in [7, 11) is 0. The first-order valence-electron chi connectivity index (χ1n) is 6.56. The maximum absolute atomic E-state index is 6.10. The Kier molecular flexibility index (Phi) is 3.53. The van der Waals surface area contributed by atoms with Crippen LogP contribution in [0, 0.1) is 11.8 Å². The van der Waals surface area contributed by atoms with Gasteiger partial charge in [-0.25, -0.2) is 0 Å². The molecule has 0 saturated carbocycles. The standard InChI is InChI=1S/C15H24O/c1-10-5-6-14(12(3)7-10)15-9-11(2)8-13(4)16-15/h7,9,12-15H,5-6,8H2,1-4H3. The SMILES string of the molecule is CC1=CC(C)C(C2C=C(C)CC(C)O2)CC1. The van der Waals surface area contributed by atoms with Crippen LogP contribution in [-0.2, 0) is 4.74 Å². The lowest BCUT2D eigenvalue weighted by Gasteiger charge is -2.36. The Morgan fingerprint density at radius 3 is 2.50 bits per heavy atom. The average molecular weight is 220 g/mol. The van der Waals surface area contributed by atoms with Crippen LogP contribution in [-0.4, -0.2) is 12.2 Å². The van der Waals surface area contributed by atoms with E-state index in [0.29, 0.717) is 24.0 Å². The molecule has 0 amide bonds. The molecule has 0 fully saturated rings. The third kappa shape index (κ3) is 2.57. The van der Waals surface area contributed by atoms with Crippen molar-refractivity contribution < 1.29 is 4.74 Å². The fraction of sp³-hybridized carbons (Fsp3) is 0.733. The number of allylic oxidation sites excluding steroid dienone is 2. The van der Waals surface area contributed by atoms with Gasteiger partial charge in [0.25, 0.3) is 0 Å². The summed E-state index contributed by atoms with van der Waals surface area (Å²) in [6.07, 6.45) is 9.17. The first-order valence-corrected chi connectivity index (χ1v) is 6.56. The van der Waals surface area contributed by atoms with Gasteiger partial charge in [-0.3, -0.25) is 0 Å². The van der Waals surface area contributed by atoms with Crippen LogP contribution < -0.4 is 0 Å². The van der Waals surface area contributed by atoms with Crippen LogP contribution >= 0.6 is 0 Å². The van der Waals surface area contributed by atoms with Crippen molar-refractivity contribution in [1.82, 2.24) is 0 Å². The van der Waals surface area contributed by atoms with Crippen LogP contribution in [0.4, 0.5) is 0 Å². The molecule has 4 unspecified atom stereocenters. The first kappa shape index (κ1) is 11.9. The van der Waals surface area contributed by atoms with E-state index in [-0.39, 0.29) is 0 Å². The van der Waals surface area contributed by atoms with Gasteiger partial charge in [0.05, 0.1) is 12.2 Å². The molecular weight excluding hydrogens is 196 g/mol. The summed E-state index contributed by atoms with van der Waals surface area (Å²) in [5, 5.41) is 0. The van der Waals surface area contributed by atoms with E-state index < -0.39 is 0 Å². The largest absolute Gasteiger partial charge is 0.371 e. The van der Waals surface area contributed by atoms with E-state index in [4.69, 9.17) is 4.74 Å². The summed E-state index contributed by atoms with van der Waals surface area (Å²) in [6, 6.07) is 0. The molecule has 16 heavy (non-hydrogen) atoms. The molecule has 1 heterocycles. The van der Waals surface area contributed by atoms with E-state index in [1.165, 1.54) is 18.4 Å². The number of hydrogen-bond donors (Lipinski definition) is 0. The molecular formula is C15H24O. The van der Waals surface area contributed by atoms with Crippen molar-refractivity contribution in [3.63, 3.8) is 0 Å². The summed E-state index contributed by atoms with van der Waals surface area (Å²) in [4.78, 5) is 0. The Morgan fingerprint density at radius 2 is 1.88 bits per heavy atom. The molecule has 0 aromatic heterocycles. The van der Waals surface area contributed by atoms with Crippen molar-refractivity contribution in [2.24, 2.45) is 11.8 Å². The van der Waals surface area contributed by atoms with Gasteiger partial charge in [0.2, 0.25) is 0 Å². The smallest absolute Gasteiger partial charge is 0.0795 e. The predicted octanol–water partition coefficient (Wildman–Crippen LogP) is 4.10. The summed E-state index contributed by atoms with van der Waals surface area (Å²) in [6.45, 7) is 9.01. The molecule has 4 atom stereocenters. The molecule has 2 aliphatic rings. The molecule has 0 aromatic carbocycles. The molecule has 90 valence electrons. The van der Waals surface area contributed by atoms with Crippen molar-refractivity contribution >= 4 is 0 Å². The summed E-state index contributed by atoms with van der Waals surface area (Å²) < 4.78 is 6.10. The Labute approximate surface area is 99.6 Å². The van der Waals surface area contributed by atoms with Crippen molar-refractivity contribution in [1.29, 1.82) is 0 Å². The van der Waals surface area contributed by atoms with Gasteiger partial charge >= 0.3 is 0 Å². The topological polar surface area (TPSA) is 9.23 Å². The van der Waals surface area contributed by atoms with E-state index in [0.717, 1.165) is 6.42 Å². The Hall–Kier alpha value is -0.560. The molecule has 1 nitrogen and oxygen atoms in total. The zero-order valence-corrected chi connectivity index (χ0v) is 11.0. The maximum Gasteiger partial charge on any atom is 0.0795 e. The summed E-state index contributed by atoms with van der Waals surface area (Å²) in [5.74, 6) is 1.34. The van der Waals surface area contributed by atoms with Gasteiger partial charge in [0.15, 0.2) is 0 Å². The van der Waals surface area contributed by atoms with Crippen LogP contribution in [0.2, 0.25) is 0 Å². The third-order valence-electron chi connectivity index (χ3n) is 3.96. The quantitative estimate of drug-likeness (QED) is 0.604.